The summed E-state index contributed by atoms with van der Waals surface area (Å²) in [6, 6.07) is 0. The molecule has 0 amide bonds. The SMILES string of the molecule is C=Cc1nc(S)c(/N=c2\ncnc(Nc3[nH]c(C=C)nc3S)c3c[nH]cc23)[nH]1. The van der Waals surface area contributed by atoms with E-state index in [1.54, 1.807) is 24.5 Å². The first kappa shape index (κ1) is 18.1. The maximum absolute atomic E-state index is 4.54. The maximum atomic E-state index is 4.54. The van der Waals surface area contributed by atoms with Gasteiger partial charge in [-0.3, -0.25) is 0 Å². The smallest absolute Gasteiger partial charge is 0.166 e. The molecule has 11 heteroatoms. The van der Waals surface area contributed by atoms with Gasteiger partial charge in [0.25, 0.3) is 0 Å². The fourth-order valence-corrected chi connectivity index (χ4v) is 2.98. The molecule has 0 unspecified atom stereocenters. The highest BCUT2D eigenvalue weighted by atomic mass is 32.1. The second kappa shape index (κ2) is 7.37. The van der Waals surface area contributed by atoms with Crippen molar-refractivity contribution in [3.8, 4) is 0 Å². The van der Waals surface area contributed by atoms with Crippen molar-refractivity contribution in [2.45, 2.75) is 10.1 Å². The van der Waals surface area contributed by atoms with E-state index in [1.807, 2.05) is 0 Å². The number of thiol groups is 2. The van der Waals surface area contributed by atoms with Gasteiger partial charge in [0.1, 0.15) is 39.7 Å². The average molecular weight is 410 g/mol. The number of hydrogen-bond donors (Lipinski definition) is 6. The van der Waals surface area contributed by atoms with E-state index in [0.29, 0.717) is 44.6 Å². The number of aromatic amines is 3. The summed E-state index contributed by atoms with van der Waals surface area (Å²) < 4.78 is 0. The van der Waals surface area contributed by atoms with Gasteiger partial charge in [0, 0.05) is 23.2 Å². The van der Waals surface area contributed by atoms with Crippen molar-refractivity contribution in [2.24, 2.45) is 4.99 Å². The van der Waals surface area contributed by atoms with Gasteiger partial charge >= 0.3 is 0 Å². The highest BCUT2D eigenvalue weighted by molar-refractivity contribution is 7.80. The molecule has 0 spiro atoms. The fourth-order valence-electron chi connectivity index (χ4n) is 2.55. The van der Waals surface area contributed by atoms with Crippen LogP contribution < -0.4 is 10.8 Å². The summed E-state index contributed by atoms with van der Waals surface area (Å²) in [5, 5.41) is 5.68. The van der Waals surface area contributed by atoms with E-state index < -0.39 is 0 Å². The van der Waals surface area contributed by atoms with Crippen LogP contribution in [0.3, 0.4) is 0 Å². The molecule has 4 N–H and O–H groups in total. The van der Waals surface area contributed by atoms with Gasteiger partial charge in [-0.1, -0.05) is 13.2 Å². The lowest BCUT2D eigenvalue weighted by Gasteiger charge is -2.02. The van der Waals surface area contributed by atoms with E-state index in [1.165, 1.54) is 6.33 Å². The molecule has 0 aliphatic rings. The third-order valence-electron chi connectivity index (χ3n) is 3.84. The molecule has 0 aliphatic heterocycles. The van der Waals surface area contributed by atoms with Gasteiger partial charge in [-0.25, -0.2) is 24.9 Å². The Morgan fingerprint density at radius 1 is 0.964 bits per heavy atom. The Hall–Kier alpha value is -3.31. The molecule has 0 aromatic carbocycles. The number of rotatable bonds is 5. The lowest BCUT2D eigenvalue weighted by Crippen LogP contribution is -2.03. The van der Waals surface area contributed by atoms with Gasteiger partial charge in [-0.15, -0.1) is 25.3 Å². The van der Waals surface area contributed by atoms with Crippen LogP contribution in [0, 0.1) is 0 Å². The Bertz CT molecular complexity index is 1270. The van der Waals surface area contributed by atoms with E-state index >= 15 is 0 Å². The molecule has 0 fully saturated rings. The summed E-state index contributed by atoms with van der Waals surface area (Å²) in [6.07, 6.45) is 8.21. The first-order valence-corrected chi connectivity index (χ1v) is 8.95. The number of hydrogen-bond acceptors (Lipinski definition) is 8. The highest BCUT2D eigenvalue weighted by Crippen LogP contribution is 2.25. The van der Waals surface area contributed by atoms with Crippen molar-refractivity contribution in [3.63, 3.8) is 0 Å². The third kappa shape index (κ3) is 3.32. The zero-order chi connectivity index (χ0) is 19.7. The minimum absolute atomic E-state index is 0.451. The van der Waals surface area contributed by atoms with Crippen LogP contribution in [0.4, 0.5) is 17.5 Å². The molecule has 0 saturated carbocycles. The highest BCUT2D eigenvalue weighted by Gasteiger charge is 2.11. The molecule has 0 aliphatic carbocycles. The molecule has 4 aromatic heterocycles. The van der Waals surface area contributed by atoms with E-state index in [-0.39, 0.29) is 0 Å². The van der Waals surface area contributed by atoms with Gasteiger partial charge in [-0.05, 0) is 12.2 Å². The van der Waals surface area contributed by atoms with E-state index in [9.17, 15) is 0 Å². The molecule has 28 heavy (non-hydrogen) atoms. The molecule has 0 saturated heterocycles. The van der Waals surface area contributed by atoms with Crippen LogP contribution in [0.15, 0.2) is 46.9 Å². The second-order valence-electron chi connectivity index (χ2n) is 5.59. The Labute approximate surface area is 170 Å². The summed E-state index contributed by atoms with van der Waals surface area (Å²) in [6.45, 7) is 7.37. The number of aromatic nitrogens is 7. The van der Waals surface area contributed by atoms with Crippen LogP contribution in [0.1, 0.15) is 11.6 Å². The molecule has 0 radical (unpaired) electrons. The zero-order valence-corrected chi connectivity index (χ0v) is 16.2. The van der Waals surface area contributed by atoms with E-state index in [4.69, 9.17) is 0 Å². The average Bonchev–Trinajstić information content (AvgIpc) is 3.37. The zero-order valence-electron chi connectivity index (χ0n) is 14.4. The third-order valence-corrected chi connectivity index (χ3v) is 4.48. The topological polar surface area (TPSA) is 123 Å². The van der Waals surface area contributed by atoms with Crippen molar-refractivity contribution in [2.75, 3.05) is 5.32 Å². The summed E-state index contributed by atoms with van der Waals surface area (Å²) in [5.74, 6) is 2.82. The molecule has 0 bridgehead atoms. The van der Waals surface area contributed by atoms with Gasteiger partial charge in [0.15, 0.2) is 11.3 Å². The van der Waals surface area contributed by atoms with Gasteiger partial charge in [-0.2, -0.15) is 0 Å². The minimum atomic E-state index is 0.451. The van der Waals surface area contributed by atoms with Crippen LogP contribution in [-0.2, 0) is 0 Å². The first-order valence-electron chi connectivity index (χ1n) is 8.05. The van der Waals surface area contributed by atoms with Crippen LogP contribution >= 0.6 is 25.3 Å². The molecule has 4 heterocycles. The number of H-pyrrole nitrogens is 3. The van der Waals surface area contributed by atoms with Crippen LogP contribution in [-0.4, -0.2) is 34.9 Å². The van der Waals surface area contributed by atoms with Crippen LogP contribution in [0.5, 0.6) is 0 Å². The first-order chi connectivity index (χ1) is 13.6. The number of nitrogens with zero attached hydrogens (tertiary/aromatic N) is 5. The Morgan fingerprint density at radius 3 is 2.39 bits per heavy atom. The largest absolute Gasteiger partial charge is 0.366 e. The van der Waals surface area contributed by atoms with Crippen LogP contribution in [0.2, 0.25) is 0 Å². The quantitative estimate of drug-likeness (QED) is 0.283. The predicted octanol–water partition coefficient (Wildman–Crippen LogP) is 3.24. The standard InChI is InChI=1S/C17H15N9S2/c1-3-10-21-14(16(27)23-10)25-12-8-5-18-6-9(8)13(20-7-19-12)26-15-17(28)24-11(4-2)22-15/h3-7,18,27-28H,1-2H2,(H,21,23)(H,22,24)(H,19,20,25,26). The number of fused-ring (bicyclic) bond motifs is 1. The Kier molecular flexibility index (Phi) is 4.75. The van der Waals surface area contributed by atoms with Crippen LogP contribution in [0.25, 0.3) is 22.9 Å². The molecule has 9 nitrogen and oxygen atoms in total. The van der Waals surface area contributed by atoms with E-state index in [0.717, 1.165) is 10.8 Å². The molecular weight excluding hydrogens is 394 g/mol. The Morgan fingerprint density at radius 2 is 1.68 bits per heavy atom. The molecule has 4 rings (SSSR count). The summed E-state index contributed by atoms with van der Waals surface area (Å²) in [4.78, 5) is 30.9. The monoisotopic (exact) mass is 409 g/mol. The summed E-state index contributed by atoms with van der Waals surface area (Å²) in [5.41, 5.74) is 0.453. The summed E-state index contributed by atoms with van der Waals surface area (Å²) in [7, 11) is 0. The van der Waals surface area contributed by atoms with Crippen molar-refractivity contribution < 1.29 is 0 Å². The number of anilines is 2. The Balaban J connectivity index is 1.85. The number of imidazole rings is 2. The van der Waals surface area contributed by atoms with Crippen molar-refractivity contribution in [3.05, 3.63) is 49.0 Å². The van der Waals surface area contributed by atoms with Crippen molar-refractivity contribution >= 4 is 65.6 Å². The molecule has 140 valence electrons. The molecule has 4 aromatic rings. The normalized spacial score (nSPS) is 11.7. The predicted molar refractivity (Wildman–Crippen MR) is 114 cm³/mol. The number of nitrogens with one attached hydrogen (secondary N) is 4. The van der Waals surface area contributed by atoms with Crippen molar-refractivity contribution in [1.82, 2.24) is 34.9 Å². The maximum Gasteiger partial charge on any atom is 0.166 e. The van der Waals surface area contributed by atoms with Gasteiger partial charge < -0.3 is 20.3 Å². The fraction of sp³-hybridized carbons (Fsp3) is 0. The molecular formula is C17H15N9S2. The van der Waals surface area contributed by atoms with Crippen molar-refractivity contribution in [1.29, 1.82) is 0 Å². The summed E-state index contributed by atoms with van der Waals surface area (Å²) >= 11 is 8.70. The lowest BCUT2D eigenvalue weighted by atomic mass is 10.3. The van der Waals surface area contributed by atoms with Gasteiger partial charge in [0.2, 0.25) is 0 Å². The van der Waals surface area contributed by atoms with Gasteiger partial charge in [0.05, 0.1) is 0 Å². The second-order valence-corrected chi connectivity index (χ2v) is 6.44. The molecule has 0 atom stereocenters. The lowest BCUT2D eigenvalue weighted by molar-refractivity contribution is 1.10. The van der Waals surface area contributed by atoms with E-state index in [2.05, 4.69) is 83.6 Å². The minimum Gasteiger partial charge on any atom is -0.366 e.